The van der Waals surface area contributed by atoms with E-state index in [1.807, 2.05) is 4.68 Å². The van der Waals surface area contributed by atoms with Crippen LogP contribution in [0.15, 0.2) is 6.20 Å². The van der Waals surface area contributed by atoms with Crippen LogP contribution in [0.3, 0.4) is 0 Å². The highest BCUT2D eigenvalue weighted by Gasteiger charge is 2.30. The number of hydrogen-bond donors (Lipinski definition) is 1. The Morgan fingerprint density at radius 2 is 2.05 bits per heavy atom. The monoisotopic (exact) mass is 300 g/mol. The highest BCUT2D eigenvalue weighted by Crippen LogP contribution is 2.36. The van der Waals surface area contributed by atoms with Crippen LogP contribution in [0.1, 0.15) is 45.9 Å². The lowest BCUT2D eigenvalue weighted by molar-refractivity contribution is 0.255. The molecule has 0 spiro atoms. The number of aromatic nitrogens is 2. The maximum absolute atomic E-state index is 6.40. The summed E-state index contributed by atoms with van der Waals surface area (Å²) in [5.74, 6) is 0. The molecular formula is C15H29ClN4. The van der Waals surface area contributed by atoms with Crippen molar-refractivity contribution in [3.8, 4) is 0 Å². The third kappa shape index (κ3) is 4.76. The van der Waals surface area contributed by atoms with Gasteiger partial charge in [-0.25, -0.2) is 0 Å². The van der Waals surface area contributed by atoms with Crippen molar-refractivity contribution in [2.24, 2.45) is 5.41 Å². The first kappa shape index (κ1) is 17.5. The molecule has 0 saturated carbocycles. The van der Waals surface area contributed by atoms with Crippen LogP contribution in [-0.4, -0.2) is 41.9 Å². The summed E-state index contributed by atoms with van der Waals surface area (Å²) in [7, 11) is 4.14. The number of rotatable bonds is 7. The van der Waals surface area contributed by atoms with Crippen molar-refractivity contribution in [1.29, 1.82) is 0 Å². The van der Waals surface area contributed by atoms with Crippen LogP contribution < -0.4 is 5.32 Å². The maximum atomic E-state index is 6.40. The van der Waals surface area contributed by atoms with Crippen molar-refractivity contribution < 1.29 is 0 Å². The summed E-state index contributed by atoms with van der Waals surface area (Å²) >= 11 is 6.40. The van der Waals surface area contributed by atoms with Gasteiger partial charge in [0, 0.05) is 6.54 Å². The smallest absolute Gasteiger partial charge is 0.0834 e. The molecule has 1 rings (SSSR count). The Bertz CT molecular complexity index is 406. The topological polar surface area (TPSA) is 33.1 Å². The zero-order valence-electron chi connectivity index (χ0n) is 13.7. The minimum absolute atomic E-state index is 0.0920. The van der Waals surface area contributed by atoms with Gasteiger partial charge in [0.2, 0.25) is 0 Å². The zero-order chi connectivity index (χ0) is 15.3. The number of likely N-dealkylation sites (N-methyl/N-ethyl adjacent to an activating group) is 1. The molecule has 5 heteroatoms. The Kier molecular flexibility index (Phi) is 6.49. The fourth-order valence-corrected chi connectivity index (χ4v) is 2.48. The van der Waals surface area contributed by atoms with Crippen molar-refractivity contribution >= 4 is 11.6 Å². The molecule has 0 aromatic carbocycles. The van der Waals surface area contributed by atoms with Crippen LogP contribution in [0.5, 0.6) is 0 Å². The predicted molar refractivity (Wildman–Crippen MR) is 86.3 cm³/mol. The van der Waals surface area contributed by atoms with Crippen molar-refractivity contribution in [3.05, 3.63) is 16.9 Å². The third-order valence-corrected chi connectivity index (χ3v) is 3.62. The summed E-state index contributed by atoms with van der Waals surface area (Å²) in [5.41, 5.74) is 1.20. The molecule has 0 saturated heterocycles. The molecule has 1 aromatic heterocycles. The lowest BCUT2D eigenvalue weighted by atomic mass is 9.84. The SMILES string of the molecule is CCCNC(c1c(Cl)cnn1CCN(C)C)C(C)(C)C. The minimum Gasteiger partial charge on any atom is -0.308 e. The van der Waals surface area contributed by atoms with Crippen LogP contribution in [0.2, 0.25) is 5.02 Å². The van der Waals surface area contributed by atoms with Gasteiger partial charge < -0.3 is 10.2 Å². The highest BCUT2D eigenvalue weighted by molar-refractivity contribution is 6.31. The van der Waals surface area contributed by atoms with Crippen LogP contribution in [0.4, 0.5) is 0 Å². The molecule has 1 N–H and O–H groups in total. The number of nitrogens with one attached hydrogen (secondary N) is 1. The first-order valence-electron chi connectivity index (χ1n) is 7.36. The second-order valence-corrected chi connectivity index (χ2v) is 7.06. The van der Waals surface area contributed by atoms with E-state index in [0.717, 1.165) is 36.8 Å². The Hall–Kier alpha value is -0.580. The summed E-state index contributed by atoms with van der Waals surface area (Å²) in [5, 5.41) is 8.83. The molecule has 4 nitrogen and oxygen atoms in total. The van der Waals surface area contributed by atoms with Gasteiger partial charge in [-0.05, 0) is 32.5 Å². The second kappa shape index (κ2) is 7.43. The van der Waals surface area contributed by atoms with Crippen LogP contribution in [0.25, 0.3) is 0 Å². The van der Waals surface area contributed by atoms with Gasteiger partial charge in [0.15, 0.2) is 0 Å². The zero-order valence-corrected chi connectivity index (χ0v) is 14.5. The van der Waals surface area contributed by atoms with E-state index in [4.69, 9.17) is 11.6 Å². The Morgan fingerprint density at radius 3 is 2.55 bits per heavy atom. The van der Waals surface area contributed by atoms with E-state index >= 15 is 0 Å². The van der Waals surface area contributed by atoms with Gasteiger partial charge in [-0.15, -0.1) is 0 Å². The molecule has 116 valence electrons. The predicted octanol–water partition coefficient (Wildman–Crippen LogP) is 3.18. The van der Waals surface area contributed by atoms with E-state index in [0.29, 0.717) is 0 Å². The van der Waals surface area contributed by atoms with E-state index in [9.17, 15) is 0 Å². The molecule has 20 heavy (non-hydrogen) atoms. The van der Waals surface area contributed by atoms with E-state index in [-0.39, 0.29) is 11.5 Å². The van der Waals surface area contributed by atoms with Crippen LogP contribution in [0, 0.1) is 5.41 Å². The Morgan fingerprint density at radius 1 is 1.40 bits per heavy atom. The van der Waals surface area contributed by atoms with Gasteiger partial charge in [-0.1, -0.05) is 39.3 Å². The summed E-state index contributed by atoms with van der Waals surface area (Å²) in [6.07, 6.45) is 2.87. The number of hydrogen-bond acceptors (Lipinski definition) is 3. The lowest BCUT2D eigenvalue weighted by Gasteiger charge is -2.32. The van der Waals surface area contributed by atoms with Gasteiger partial charge in [-0.2, -0.15) is 5.10 Å². The molecule has 0 amide bonds. The van der Waals surface area contributed by atoms with Gasteiger partial charge in [-0.3, -0.25) is 4.68 Å². The summed E-state index contributed by atoms with van der Waals surface area (Å²) in [4.78, 5) is 2.16. The third-order valence-electron chi connectivity index (χ3n) is 3.33. The molecule has 0 fully saturated rings. The van der Waals surface area contributed by atoms with E-state index in [1.54, 1.807) is 6.20 Å². The summed E-state index contributed by atoms with van der Waals surface area (Å²) in [6.45, 7) is 11.7. The Balaban J connectivity index is 3.02. The molecule has 1 unspecified atom stereocenters. The average molecular weight is 301 g/mol. The molecular weight excluding hydrogens is 272 g/mol. The molecule has 0 aliphatic carbocycles. The fourth-order valence-electron chi connectivity index (χ4n) is 2.23. The van der Waals surface area contributed by atoms with Gasteiger partial charge in [0.25, 0.3) is 0 Å². The summed E-state index contributed by atoms with van der Waals surface area (Å²) in [6, 6.07) is 0.208. The molecule has 0 aliphatic rings. The van der Waals surface area contributed by atoms with Crippen molar-refractivity contribution in [3.63, 3.8) is 0 Å². The minimum atomic E-state index is 0.0920. The van der Waals surface area contributed by atoms with E-state index in [1.165, 1.54) is 0 Å². The quantitative estimate of drug-likeness (QED) is 0.839. The fraction of sp³-hybridized carbons (Fsp3) is 0.800. The first-order valence-corrected chi connectivity index (χ1v) is 7.74. The maximum Gasteiger partial charge on any atom is 0.0834 e. The molecule has 1 atom stereocenters. The van der Waals surface area contributed by atoms with Crippen LogP contribution in [-0.2, 0) is 6.54 Å². The van der Waals surface area contributed by atoms with Crippen molar-refractivity contribution in [1.82, 2.24) is 20.0 Å². The highest BCUT2D eigenvalue weighted by atomic mass is 35.5. The number of nitrogens with zero attached hydrogens (tertiary/aromatic N) is 3. The molecule has 1 aromatic rings. The first-order chi connectivity index (χ1) is 9.27. The van der Waals surface area contributed by atoms with Gasteiger partial charge in [0.05, 0.1) is 29.5 Å². The molecule has 0 aliphatic heterocycles. The standard InChI is InChI=1S/C15H29ClN4/c1-7-8-17-14(15(2,3)4)13-12(16)11-18-20(13)10-9-19(5)6/h11,14,17H,7-10H2,1-6H3. The van der Waals surface area contributed by atoms with Gasteiger partial charge >= 0.3 is 0 Å². The molecule has 1 heterocycles. The van der Waals surface area contributed by atoms with Crippen molar-refractivity contribution in [2.75, 3.05) is 27.2 Å². The van der Waals surface area contributed by atoms with E-state index < -0.39 is 0 Å². The van der Waals surface area contributed by atoms with Crippen molar-refractivity contribution in [2.45, 2.75) is 46.7 Å². The average Bonchev–Trinajstić information content (AvgIpc) is 2.67. The molecule has 0 radical (unpaired) electrons. The second-order valence-electron chi connectivity index (χ2n) is 6.66. The van der Waals surface area contributed by atoms with Gasteiger partial charge in [0.1, 0.15) is 0 Å². The number of halogens is 1. The van der Waals surface area contributed by atoms with Crippen LogP contribution >= 0.6 is 11.6 Å². The molecule has 0 bridgehead atoms. The lowest BCUT2D eigenvalue weighted by Crippen LogP contribution is -2.35. The summed E-state index contributed by atoms with van der Waals surface area (Å²) < 4.78 is 2.04. The van der Waals surface area contributed by atoms with E-state index in [2.05, 4.69) is 57.1 Å². The Labute approximate surface area is 128 Å². The largest absolute Gasteiger partial charge is 0.308 e. The normalized spacial score (nSPS) is 14.0.